The van der Waals surface area contributed by atoms with Crippen molar-refractivity contribution >= 4 is 35.6 Å². The highest BCUT2D eigenvalue weighted by Gasteiger charge is 2.09. The van der Waals surface area contributed by atoms with Crippen LogP contribution in [0.15, 0.2) is 53.5 Å². The molecule has 0 aliphatic heterocycles. The van der Waals surface area contributed by atoms with Crippen molar-refractivity contribution in [2.45, 2.75) is 12.8 Å². The third kappa shape index (κ3) is 6.59. The normalized spacial score (nSPS) is 10.4. The number of esters is 1. The Morgan fingerprint density at radius 3 is 2.52 bits per heavy atom. The number of nitrogens with zero attached hydrogens (tertiary/aromatic N) is 1. The van der Waals surface area contributed by atoms with Crippen LogP contribution in [0.1, 0.15) is 23.2 Å². The summed E-state index contributed by atoms with van der Waals surface area (Å²) < 4.78 is 5.02. The summed E-state index contributed by atoms with van der Waals surface area (Å²) in [5.41, 5.74) is 3.75. The topological polar surface area (TPSA) is 143 Å². The standard InChI is InChI=1S/C18H18N4O5/c19-21-11-20-14-3-1-2-12(10-14)18(26)22-13-4-6-15(7-5-13)27-17(25)9-8-16(23)24/h1-7,10-11H,8-9,19H2,(H,20,21)(H,22,26)(H,23,24). The molecule has 9 nitrogen and oxygen atoms in total. The quantitative estimate of drug-likeness (QED) is 0.139. The number of nitrogens with one attached hydrogen (secondary N) is 2. The van der Waals surface area contributed by atoms with E-state index in [1.54, 1.807) is 36.4 Å². The number of carboxylic acids is 1. The Morgan fingerprint density at radius 1 is 1.11 bits per heavy atom. The maximum Gasteiger partial charge on any atom is 0.311 e. The zero-order valence-corrected chi connectivity index (χ0v) is 14.2. The lowest BCUT2D eigenvalue weighted by atomic mass is 10.2. The Hall–Kier alpha value is -3.72. The van der Waals surface area contributed by atoms with Gasteiger partial charge in [0, 0.05) is 11.3 Å². The van der Waals surface area contributed by atoms with Gasteiger partial charge in [0.25, 0.3) is 5.91 Å². The Kier molecular flexibility index (Phi) is 7.03. The number of carboxylic acid groups (broad SMARTS) is 1. The molecule has 0 heterocycles. The molecule has 1 amide bonds. The van der Waals surface area contributed by atoms with Gasteiger partial charge in [-0.15, -0.1) is 0 Å². The minimum absolute atomic E-state index is 0.216. The molecule has 0 bridgehead atoms. The number of carbonyl (C=O) groups excluding carboxylic acids is 2. The van der Waals surface area contributed by atoms with E-state index in [-0.39, 0.29) is 24.5 Å². The van der Waals surface area contributed by atoms with Crippen LogP contribution in [0.4, 0.5) is 11.4 Å². The summed E-state index contributed by atoms with van der Waals surface area (Å²) in [7, 11) is 0. The molecule has 0 atom stereocenters. The first-order valence-electron chi connectivity index (χ1n) is 7.90. The number of ether oxygens (including phenoxy) is 1. The number of hydrogen-bond donors (Lipinski definition) is 4. The molecular weight excluding hydrogens is 352 g/mol. The molecule has 0 saturated carbocycles. The maximum absolute atomic E-state index is 12.3. The van der Waals surface area contributed by atoms with E-state index in [0.717, 1.165) is 0 Å². The predicted octanol–water partition coefficient (Wildman–Crippen LogP) is 1.83. The van der Waals surface area contributed by atoms with Crippen molar-refractivity contribution in [2.75, 3.05) is 5.32 Å². The number of anilines is 1. The molecule has 5 N–H and O–H groups in total. The van der Waals surface area contributed by atoms with Crippen LogP contribution >= 0.6 is 0 Å². The van der Waals surface area contributed by atoms with E-state index in [1.165, 1.54) is 18.5 Å². The van der Waals surface area contributed by atoms with Gasteiger partial charge in [-0.05, 0) is 42.5 Å². The lowest BCUT2D eigenvalue weighted by Crippen LogP contribution is -2.18. The van der Waals surface area contributed by atoms with Crippen LogP contribution in [-0.2, 0) is 9.59 Å². The zero-order valence-electron chi connectivity index (χ0n) is 14.2. The first-order chi connectivity index (χ1) is 13.0. The van der Waals surface area contributed by atoms with Crippen molar-refractivity contribution in [2.24, 2.45) is 10.8 Å². The molecule has 2 aromatic carbocycles. The van der Waals surface area contributed by atoms with Crippen LogP contribution in [-0.4, -0.2) is 29.3 Å². The summed E-state index contributed by atoms with van der Waals surface area (Å²) in [6.45, 7) is 0. The number of rotatable bonds is 8. The Labute approximate surface area is 154 Å². The van der Waals surface area contributed by atoms with Gasteiger partial charge in [0.15, 0.2) is 0 Å². The van der Waals surface area contributed by atoms with Crippen molar-refractivity contribution in [3.8, 4) is 5.75 Å². The second-order valence-electron chi connectivity index (χ2n) is 5.32. The minimum atomic E-state index is -1.07. The van der Waals surface area contributed by atoms with Gasteiger partial charge in [0.05, 0.1) is 18.5 Å². The van der Waals surface area contributed by atoms with E-state index in [0.29, 0.717) is 16.9 Å². The molecule has 0 spiro atoms. The van der Waals surface area contributed by atoms with Crippen molar-refractivity contribution in [3.05, 3.63) is 54.1 Å². The maximum atomic E-state index is 12.3. The van der Waals surface area contributed by atoms with Gasteiger partial charge in [-0.3, -0.25) is 14.4 Å². The van der Waals surface area contributed by atoms with Crippen LogP contribution in [0.5, 0.6) is 5.75 Å². The number of aliphatic imine (C=N–C) groups is 1. The fraction of sp³-hybridized carbons (Fsp3) is 0.111. The molecule has 9 heteroatoms. The molecule has 0 radical (unpaired) electrons. The highest BCUT2D eigenvalue weighted by Crippen LogP contribution is 2.19. The van der Waals surface area contributed by atoms with Crippen LogP contribution in [0, 0.1) is 0 Å². The van der Waals surface area contributed by atoms with Crippen LogP contribution in [0.3, 0.4) is 0 Å². The summed E-state index contributed by atoms with van der Waals surface area (Å²) in [5.74, 6) is 3.33. The number of carbonyl (C=O) groups is 3. The lowest BCUT2D eigenvalue weighted by Gasteiger charge is -2.07. The number of hydrogen-bond acceptors (Lipinski definition) is 6. The van der Waals surface area contributed by atoms with E-state index in [1.807, 2.05) is 0 Å². The summed E-state index contributed by atoms with van der Waals surface area (Å²) in [4.78, 5) is 38.2. The van der Waals surface area contributed by atoms with Gasteiger partial charge in [-0.1, -0.05) is 6.07 Å². The van der Waals surface area contributed by atoms with Gasteiger partial charge in [-0.2, -0.15) is 0 Å². The third-order valence-electron chi connectivity index (χ3n) is 3.28. The monoisotopic (exact) mass is 370 g/mol. The average Bonchev–Trinajstić information content (AvgIpc) is 2.66. The van der Waals surface area contributed by atoms with Gasteiger partial charge < -0.3 is 20.6 Å². The molecule has 0 unspecified atom stereocenters. The fourth-order valence-electron chi connectivity index (χ4n) is 2.04. The highest BCUT2D eigenvalue weighted by atomic mass is 16.5. The minimum Gasteiger partial charge on any atom is -0.481 e. The molecule has 140 valence electrons. The smallest absolute Gasteiger partial charge is 0.311 e. The van der Waals surface area contributed by atoms with E-state index in [9.17, 15) is 14.4 Å². The number of hydrazine groups is 1. The van der Waals surface area contributed by atoms with Crippen molar-refractivity contribution in [1.29, 1.82) is 0 Å². The van der Waals surface area contributed by atoms with E-state index in [4.69, 9.17) is 15.7 Å². The van der Waals surface area contributed by atoms with Crippen molar-refractivity contribution < 1.29 is 24.2 Å². The third-order valence-corrected chi connectivity index (χ3v) is 3.28. The lowest BCUT2D eigenvalue weighted by molar-refractivity contribution is -0.142. The molecule has 27 heavy (non-hydrogen) atoms. The van der Waals surface area contributed by atoms with E-state index in [2.05, 4.69) is 15.7 Å². The molecule has 2 rings (SSSR count). The van der Waals surface area contributed by atoms with E-state index >= 15 is 0 Å². The number of aliphatic carboxylic acids is 1. The largest absolute Gasteiger partial charge is 0.481 e. The van der Waals surface area contributed by atoms with Gasteiger partial charge >= 0.3 is 11.9 Å². The molecule has 0 aliphatic rings. The van der Waals surface area contributed by atoms with Crippen molar-refractivity contribution in [3.63, 3.8) is 0 Å². The van der Waals surface area contributed by atoms with E-state index < -0.39 is 11.9 Å². The van der Waals surface area contributed by atoms with Gasteiger partial charge in [0.1, 0.15) is 12.1 Å². The molecule has 0 aliphatic carbocycles. The zero-order chi connectivity index (χ0) is 19.6. The summed E-state index contributed by atoms with van der Waals surface area (Å²) >= 11 is 0. The predicted molar refractivity (Wildman–Crippen MR) is 98.8 cm³/mol. The van der Waals surface area contributed by atoms with Crippen LogP contribution < -0.4 is 21.3 Å². The first-order valence-corrected chi connectivity index (χ1v) is 7.90. The molecule has 0 saturated heterocycles. The molecule has 2 aromatic rings. The summed E-state index contributed by atoms with van der Waals surface area (Å²) in [6, 6.07) is 12.8. The highest BCUT2D eigenvalue weighted by molar-refractivity contribution is 6.04. The average molecular weight is 370 g/mol. The molecule has 0 aromatic heterocycles. The van der Waals surface area contributed by atoms with Crippen LogP contribution in [0.25, 0.3) is 0 Å². The van der Waals surface area contributed by atoms with Gasteiger partial charge in [-0.25, -0.2) is 10.8 Å². The Balaban J connectivity index is 1.96. The Bertz CT molecular complexity index is 849. The second-order valence-corrected chi connectivity index (χ2v) is 5.32. The SMILES string of the molecule is NNC=Nc1cccc(C(=O)Nc2ccc(OC(=O)CCC(=O)O)cc2)c1. The Morgan fingerprint density at radius 2 is 1.85 bits per heavy atom. The second kappa shape index (κ2) is 9.68. The first kappa shape index (κ1) is 19.6. The molecular formula is C18H18N4O5. The van der Waals surface area contributed by atoms with Gasteiger partial charge in [0.2, 0.25) is 0 Å². The fourth-order valence-corrected chi connectivity index (χ4v) is 2.04. The van der Waals surface area contributed by atoms with Crippen molar-refractivity contribution in [1.82, 2.24) is 5.43 Å². The summed E-state index contributed by atoms with van der Waals surface area (Å²) in [5, 5.41) is 11.3. The molecule has 0 fully saturated rings. The van der Waals surface area contributed by atoms with Crippen LogP contribution in [0.2, 0.25) is 0 Å². The number of benzene rings is 2. The summed E-state index contributed by atoms with van der Waals surface area (Å²) in [6.07, 6.45) is 0.789. The number of nitrogens with two attached hydrogens (primary N) is 1. The number of amides is 1.